The van der Waals surface area contributed by atoms with Gasteiger partial charge in [-0.15, -0.1) is 0 Å². The zero-order valence-electron chi connectivity index (χ0n) is 17.6. The van der Waals surface area contributed by atoms with Crippen LogP contribution in [0.4, 0.5) is 5.69 Å². The van der Waals surface area contributed by atoms with Gasteiger partial charge in [0.1, 0.15) is 11.4 Å². The number of carbonyl (C=O) groups excluding carboxylic acids is 2. The molecule has 2 aromatic rings. The molecule has 0 saturated carbocycles. The van der Waals surface area contributed by atoms with Gasteiger partial charge in [0, 0.05) is 19.2 Å². The van der Waals surface area contributed by atoms with Crippen LogP contribution in [0.15, 0.2) is 48.2 Å². The van der Waals surface area contributed by atoms with Gasteiger partial charge in [0.25, 0.3) is 11.8 Å². The van der Waals surface area contributed by atoms with Crippen LogP contribution in [0.1, 0.15) is 23.6 Å². The Bertz CT molecular complexity index is 1020. The number of carbonyl (C=O) groups is 2. The number of anilines is 1. The molecule has 0 atom stereocenters. The van der Waals surface area contributed by atoms with E-state index < -0.39 is 0 Å². The normalized spacial score (nSPS) is 17.2. The summed E-state index contributed by atoms with van der Waals surface area (Å²) in [6.45, 7) is 8.67. The highest BCUT2D eigenvalue weighted by atomic mass is 16.5. The van der Waals surface area contributed by atoms with E-state index in [2.05, 4.69) is 0 Å². The Kier molecular flexibility index (Phi) is 5.59. The summed E-state index contributed by atoms with van der Waals surface area (Å²) in [5, 5.41) is 0. The number of hydrogen-bond donors (Lipinski definition) is 0. The van der Waals surface area contributed by atoms with Gasteiger partial charge in [-0.05, 0) is 49.6 Å². The molecule has 1 fully saturated rings. The fourth-order valence-corrected chi connectivity index (χ4v) is 3.87. The van der Waals surface area contributed by atoms with E-state index in [1.165, 1.54) is 4.90 Å². The number of nitrogens with zero attached hydrogens (tertiary/aromatic N) is 2. The first kappa shape index (κ1) is 20.2. The molecule has 0 bridgehead atoms. The largest absolute Gasteiger partial charge is 0.494 e. The highest BCUT2D eigenvalue weighted by molar-refractivity contribution is 6.45. The molecule has 1 saturated heterocycles. The summed E-state index contributed by atoms with van der Waals surface area (Å²) in [6.07, 6.45) is 0. The van der Waals surface area contributed by atoms with Gasteiger partial charge in [-0.1, -0.05) is 24.3 Å². The first-order valence-corrected chi connectivity index (χ1v) is 10.3. The van der Waals surface area contributed by atoms with E-state index in [1.54, 1.807) is 18.2 Å². The van der Waals surface area contributed by atoms with Crippen molar-refractivity contribution in [3.63, 3.8) is 0 Å². The lowest BCUT2D eigenvalue weighted by Gasteiger charge is -2.29. The first-order valence-electron chi connectivity index (χ1n) is 10.3. The van der Waals surface area contributed by atoms with Crippen LogP contribution in [-0.4, -0.2) is 49.6 Å². The lowest BCUT2D eigenvalue weighted by atomic mass is 9.99. The van der Waals surface area contributed by atoms with Crippen molar-refractivity contribution in [2.75, 3.05) is 37.8 Å². The Balaban J connectivity index is 1.81. The van der Waals surface area contributed by atoms with Gasteiger partial charge in [-0.25, -0.2) is 4.90 Å². The highest BCUT2D eigenvalue weighted by Crippen LogP contribution is 2.36. The van der Waals surface area contributed by atoms with Gasteiger partial charge < -0.3 is 14.4 Å². The minimum absolute atomic E-state index is 0.302. The van der Waals surface area contributed by atoms with E-state index in [1.807, 2.05) is 49.9 Å². The molecule has 2 heterocycles. The summed E-state index contributed by atoms with van der Waals surface area (Å²) in [5.41, 5.74) is 4.41. The molecule has 156 valence electrons. The Morgan fingerprint density at radius 1 is 0.967 bits per heavy atom. The highest BCUT2D eigenvalue weighted by Gasteiger charge is 2.42. The van der Waals surface area contributed by atoms with Crippen molar-refractivity contribution in [3.05, 3.63) is 64.9 Å². The fourth-order valence-electron chi connectivity index (χ4n) is 3.87. The summed E-state index contributed by atoms with van der Waals surface area (Å²) >= 11 is 0. The summed E-state index contributed by atoms with van der Waals surface area (Å²) < 4.78 is 11.0. The van der Waals surface area contributed by atoms with Gasteiger partial charge in [0.2, 0.25) is 0 Å². The van der Waals surface area contributed by atoms with Crippen LogP contribution in [0, 0.1) is 13.8 Å². The van der Waals surface area contributed by atoms with Crippen molar-refractivity contribution in [2.24, 2.45) is 0 Å². The molecule has 2 aliphatic heterocycles. The van der Waals surface area contributed by atoms with Crippen LogP contribution >= 0.6 is 0 Å². The number of benzene rings is 2. The van der Waals surface area contributed by atoms with Crippen LogP contribution in [0.25, 0.3) is 5.57 Å². The molecule has 6 heteroatoms. The Morgan fingerprint density at radius 2 is 1.73 bits per heavy atom. The maximum atomic E-state index is 13.6. The monoisotopic (exact) mass is 406 g/mol. The molecule has 2 aliphatic rings. The molecular weight excluding hydrogens is 380 g/mol. The summed E-state index contributed by atoms with van der Waals surface area (Å²) in [5.74, 6) is 0.0188. The molecule has 4 rings (SSSR count). The smallest absolute Gasteiger partial charge is 0.282 e. The maximum Gasteiger partial charge on any atom is 0.282 e. The number of morpholine rings is 1. The Morgan fingerprint density at radius 3 is 2.43 bits per heavy atom. The van der Waals surface area contributed by atoms with Crippen LogP contribution in [-0.2, 0) is 14.3 Å². The van der Waals surface area contributed by atoms with Crippen LogP contribution in [0.3, 0.4) is 0 Å². The molecule has 0 unspecified atom stereocenters. The second-order valence-corrected chi connectivity index (χ2v) is 7.50. The molecule has 6 nitrogen and oxygen atoms in total. The Labute approximate surface area is 176 Å². The molecule has 0 aromatic heterocycles. The van der Waals surface area contributed by atoms with Gasteiger partial charge in [0.05, 0.1) is 31.1 Å². The van der Waals surface area contributed by atoms with E-state index in [4.69, 9.17) is 9.47 Å². The molecular formula is C24H26N2O4. The molecule has 0 N–H and O–H groups in total. The lowest BCUT2D eigenvalue weighted by Crippen LogP contribution is -2.40. The van der Waals surface area contributed by atoms with Crippen molar-refractivity contribution in [1.29, 1.82) is 0 Å². The maximum absolute atomic E-state index is 13.6. The molecule has 30 heavy (non-hydrogen) atoms. The third-order valence-electron chi connectivity index (χ3n) is 5.57. The van der Waals surface area contributed by atoms with Crippen molar-refractivity contribution in [2.45, 2.75) is 20.8 Å². The van der Waals surface area contributed by atoms with Crippen molar-refractivity contribution < 1.29 is 19.1 Å². The summed E-state index contributed by atoms with van der Waals surface area (Å²) in [4.78, 5) is 30.4. The number of aryl methyl sites for hydroxylation is 2. The SMILES string of the molecule is CCOc1cccc(N2C(=O)C(c3ccc(C)c(C)c3)=C(N3CCOCC3)C2=O)c1. The molecule has 2 aromatic carbocycles. The summed E-state index contributed by atoms with van der Waals surface area (Å²) in [6, 6.07) is 13.0. The van der Waals surface area contributed by atoms with Crippen LogP contribution in [0.5, 0.6) is 5.75 Å². The van der Waals surface area contributed by atoms with E-state index in [9.17, 15) is 9.59 Å². The number of rotatable bonds is 5. The first-order chi connectivity index (χ1) is 14.5. The Hall–Kier alpha value is -3.12. The zero-order valence-corrected chi connectivity index (χ0v) is 17.6. The van der Waals surface area contributed by atoms with E-state index >= 15 is 0 Å². The molecule has 0 spiro atoms. The number of ether oxygens (including phenoxy) is 2. The predicted octanol–water partition coefficient (Wildman–Crippen LogP) is 3.32. The van der Waals surface area contributed by atoms with Gasteiger partial charge in [-0.2, -0.15) is 0 Å². The minimum atomic E-state index is -0.307. The van der Waals surface area contributed by atoms with Gasteiger partial charge in [-0.3, -0.25) is 9.59 Å². The fraction of sp³-hybridized carbons (Fsp3) is 0.333. The second-order valence-electron chi connectivity index (χ2n) is 7.50. The van der Waals surface area contributed by atoms with Crippen LogP contribution in [0.2, 0.25) is 0 Å². The number of hydrogen-bond acceptors (Lipinski definition) is 5. The third kappa shape index (κ3) is 3.59. The average molecular weight is 406 g/mol. The quantitative estimate of drug-likeness (QED) is 0.713. The predicted molar refractivity (Wildman–Crippen MR) is 115 cm³/mol. The minimum Gasteiger partial charge on any atom is -0.494 e. The molecule has 0 aliphatic carbocycles. The van der Waals surface area contributed by atoms with E-state index in [0.29, 0.717) is 55.6 Å². The average Bonchev–Trinajstić information content (AvgIpc) is 3.01. The zero-order chi connectivity index (χ0) is 21.3. The van der Waals surface area contributed by atoms with E-state index in [0.717, 1.165) is 16.7 Å². The standard InChI is InChI=1S/C24H26N2O4/c1-4-30-20-7-5-6-19(15-20)26-23(27)21(18-9-8-16(2)17(3)14-18)22(24(26)28)25-10-12-29-13-11-25/h5-9,14-15H,4,10-13H2,1-3H3. The van der Waals surface area contributed by atoms with Crippen molar-refractivity contribution in [3.8, 4) is 5.75 Å². The topological polar surface area (TPSA) is 59.1 Å². The third-order valence-corrected chi connectivity index (χ3v) is 5.57. The molecule has 2 amide bonds. The summed E-state index contributed by atoms with van der Waals surface area (Å²) in [7, 11) is 0. The lowest BCUT2D eigenvalue weighted by molar-refractivity contribution is -0.121. The number of imide groups is 1. The van der Waals surface area contributed by atoms with Crippen molar-refractivity contribution in [1.82, 2.24) is 4.90 Å². The van der Waals surface area contributed by atoms with Crippen LogP contribution < -0.4 is 9.64 Å². The van der Waals surface area contributed by atoms with E-state index in [-0.39, 0.29) is 11.8 Å². The molecule has 0 radical (unpaired) electrons. The second kappa shape index (κ2) is 8.32. The van der Waals surface area contributed by atoms with Gasteiger partial charge >= 0.3 is 0 Å². The van der Waals surface area contributed by atoms with Crippen molar-refractivity contribution >= 4 is 23.1 Å². The van der Waals surface area contributed by atoms with Gasteiger partial charge in [0.15, 0.2) is 0 Å². The number of amides is 2.